The molecule has 18 heavy (non-hydrogen) atoms. The molecule has 0 aliphatic rings. The van der Waals surface area contributed by atoms with Gasteiger partial charge in [-0.1, -0.05) is 23.7 Å². The summed E-state index contributed by atoms with van der Waals surface area (Å²) in [5.41, 5.74) is 2.70. The molecule has 0 amide bonds. The lowest BCUT2D eigenvalue weighted by Gasteiger charge is -1.99. The van der Waals surface area contributed by atoms with Gasteiger partial charge in [-0.25, -0.2) is 9.37 Å². The summed E-state index contributed by atoms with van der Waals surface area (Å²) in [5, 5.41) is 0.404. The van der Waals surface area contributed by atoms with Crippen LogP contribution in [0.1, 0.15) is 11.4 Å². The van der Waals surface area contributed by atoms with Gasteiger partial charge in [-0.05, 0) is 35.9 Å². The molecule has 0 aliphatic carbocycles. The lowest BCUT2D eigenvalue weighted by atomic mass is 10.1. The lowest BCUT2D eigenvalue weighted by molar-refractivity contribution is 0.626. The Morgan fingerprint density at radius 3 is 2.78 bits per heavy atom. The third-order valence-electron chi connectivity index (χ3n) is 2.73. The van der Waals surface area contributed by atoms with Crippen LogP contribution in [-0.2, 0) is 6.42 Å². The summed E-state index contributed by atoms with van der Waals surface area (Å²) in [5.74, 6) is 0.478. The molecule has 2 nitrogen and oxygen atoms in total. The molecule has 0 spiro atoms. The fraction of sp³-hybridized carbons (Fsp3) is 0.0714. The number of hydrogen-bond acceptors (Lipinski definition) is 1. The smallest absolute Gasteiger partial charge is 0.124 e. The van der Waals surface area contributed by atoms with Gasteiger partial charge < -0.3 is 4.98 Å². The van der Waals surface area contributed by atoms with E-state index in [0.29, 0.717) is 11.4 Å². The zero-order valence-corrected chi connectivity index (χ0v) is 10.2. The SMILES string of the molecule is Fc1cc(Cl)cc(Cc2nc3ccccc3[nH]2)c1. The highest BCUT2D eigenvalue weighted by Crippen LogP contribution is 2.18. The zero-order chi connectivity index (χ0) is 12.5. The second kappa shape index (κ2) is 4.42. The van der Waals surface area contributed by atoms with Crippen LogP contribution in [0.3, 0.4) is 0 Å². The predicted molar refractivity (Wildman–Crippen MR) is 70.3 cm³/mol. The lowest BCUT2D eigenvalue weighted by Crippen LogP contribution is -1.91. The van der Waals surface area contributed by atoms with Crippen LogP contribution >= 0.6 is 11.6 Å². The summed E-state index contributed by atoms with van der Waals surface area (Å²) < 4.78 is 13.2. The summed E-state index contributed by atoms with van der Waals surface area (Å²) in [6.07, 6.45) is 0.534. The summed E-state index contributed by atoms with van der Waals surface area (Å²) in [6.45, 7) is 0. The van der Waals surface area contributed by atoms with Crippen molar-refractivity contribution in [1.29, 1.82) is 0 Å². The minimum Gasteiger partial charge on any atom is -0.342 e. The second-order valence-electron chi connectivity index (χ2n) is 4.16. The molecule has 3 aromatic rings. The van der Waals surface area contributed by atoms with Crippen LogP contribution in [0.5, 0.6) is 0 Å². The van der Waals surface area contributed by atoms with E-state index >= 15 is 0 Å². The number of halogens is 2. The van der Waals surface area contributed by atoms with Gasteiger partial charge in [0.05, 0.1) is 11.0 Å². The molecule has 0 saturated carbocycles. The van der Waals surface area contributed by atoms with Gasteiger partial charge >= 0.3 is 0 Å². The van der Waals surface area contributed by atoms with Gasteiger partial charge in [0.25, 0.3) is 0 Å². The van der Waals surface area contributed by atoms with E-state index in [2.05, 4.69) is 9.97 Å². The van der Waals surface area contributed by atoms with Crippen molar-refractivity contribution < 1.29 is 4.39 Å². The molecule has 0 aliphatic heterocycles. The number of aromatic amines is 1. The first-order valence-electron chi connectivity index (χ1n) is 5.59. The number of hydrogen-bond donors (Lipinski definition) is 1. The van der Waals surface area contributed by atoms with E-state index in [-0.39, 0.29) is 5.82 Å². The van der Waals surface area contributed by atoms with Gasteiger partial charge in [-0.3, -0.25) is 0 Å². The van der Waals surface area contributed by atoms with Crippen LogP contribution in [0, 0.1) is 5.82 Å². The van der Waals surface area contributed by atoms with E-state index in [4.69, 9.17) is 11.6 Å². The fourth-order valence-electron chi connectivity index (χ4n) is 2.00. The van der Waals surface area contributed by atoms with E-state index in [9.17, 15) is 4.39 Å². The molecule has 0 radical (unpaired) electrons. The van der Waals surface area contributed by atoms with Crippen molar-refractivity contribution in [2.45, 2.75) is 6.42 Å². The van der Waals surface area contributed by atoms with Gasteiger partial charge in [0.2, 0.25) is 0 Å². The normalized spacial score (nSPS) is 11.0. The average molecular weight is 261 g/mol. The number of rotatable bonds is 2. The maximum atomic E-state index is 13.2. The molecule has 2 aromatic carbocycles. The number of imidazole rings is 1. The molecule has 90 valence electrons. The first-order valence-corrected chi connectivity index (χ1v) is 5.97. The summed E-state index contributed by atoms with van der Waals surface area (Å²) in [7, 11) is 0. The minimum absolute atomic E-state index is 0.325. The van der Waals surface area contributed by atoms with Crippen LogP contribution < -0.4 is 0 Å². The molecule has 1 aromatic heterocycles. The van der Waals surface area contributed by atoms with Gasteiger partial charge in [0.15, 0.2) is 0 Å². The Morgan fingerprint density at radius 1 is 1.17 bits per heavy atom. The number of nitrogens with zero attached hydrogens (tertiary/aromatic N) is 1. The summed E-state index contributed by atoms with van der Waals surface area (Å²) in [6, 6.07) is 12.3. The van der Waals surface area contributed by atoms with Crippen LogP contribution in [0.2, 0.25) is 5.02 Å². The summed E-state index contributed by atoms with van der Waals surface area (Å²) >= 11 is 5.82. The third kappa shape index (κ3) is 2.22. The van der Waals surface area contributed by atoms with Crippen molar-refractivity contribution in [3.05, 3.63) is 64.7 Å². The highest BCUT2D eigenvalue weighted by molar-refractivity contribution is 6.30. The van der Waals surface area contributed by atoms with Crippen molar-refractivity contribution in [2.24, 2.45) is 0 Å². The van der Waals surface area contributed by atoms with E-state index in [1.807, 2.05) is 24.3 Å². The van der Waals surface area contributed by atoms with Crippen molar-refractivity contribution in [3.8, 4) is 0 Å². The molecule has 0 saturated heterocycles. The number of H-pyrrole nitrogens is 1. The van der Waals surface area contributed by atoms with Crippen LogP contribution in [0.25, 0.3) is 11.0 Å². The maximum Gasteiger partial charge on any atom is 0.124 e. The minimum atomic E-state index is -0.325. The molecule has 3 rings (SSSR count). The Kier molecular flexibility index (Phi) is 2.76. The van der Waals surface area contributed by atoms with Crippen molar-refractivity contribution >= 4 is 22.6 Å². The molecular formula is C14H10ClFN2. The number of nitrogens with one attached hydrogen (secondary N) is 1. The molecule has 0 atom stereocenters. The monoisotopic (exact) mass is 260 g/mol. The van der Waals surface area contributed by atoms with Crippen molar-refractivity contribution in [3.63, 3.8) is 0 Å². The molecule has 4 heteroatoms. The molecule has 1 N–H and O–H groups in total. The van der Waals surface area contributed by atoms with E-state index < -0.39 is 0 Å². The molecular weight excluding hydrogens is 251 g/mol. The molecule has 0 unspecified atom stereocenters. The Hall–Kier alpha value is -1.87. The Bertz CT molecular complexity index is 653. The van der Waals surface area contributed by atoms with Crippen molar-refractivity contribution in [1.82, 2.24) is 9.97 Å². The predicted octanol–water partition coefficient (Wildman–Crippen LogP) is 3.95. The van der Waals surface area contributed by atoms with Gasteiger partial charge in [-0.15, -0.1) is 0 Å². The molecule has 0 bridgehead atoms. The fourth-order valence-corrected chi connectivity index (χ4v) is 2.24. The standard InChI is InChI=1S/C14H10ClFN2/c15-10-5-9(6-11(16)8-10)7-14-17-12-3-1-2-4-13(12)18-14/h1-6,8H,7H2,(H,17,18). The van der Waals surface area contributed by atoms with Gasteiger partial charge in [-0.2, -0.15) is 0 Å². The Balaban J connectivity index is 1.96. The Morgan fingerprint density at radius 2 is 2.00 bits per heavy atom. The third-order valence-corrected chi connectivity index (χ3v) is 2.95. The van der Waals surface area contributed by atoms with Gasteiger partial charge in [0, 0.05) is 11.4 Å². The Labute approximate surface area is 108 Å². The number of aromatic nitrogens is 2. The van der Waals surface area contributed by atoms with E-state index in [1.54, 1.807) is 6.07 Å². The van der Waals surface area contributed by atoms with E-state index in [1.165, 1.54) is 12.1 Å². The van der Waals surface area contributed by atoms with E-state index in [0.717, 1.165) is 22.4 Å². The molecule has 1 heterocycles. The largest absolute Gasteiger partial charge is 0.342 e. The zero-order valence-electron chi connectivity index (χ0n) is 9.45. The highest BCUT2D eigenvalue weighted by Gasteiger charge is 2.05. The number of fused-ring (bicyclic) bond motifs is 1. The van der Waals surface area contributed by atoms with Crippen LogP contribution in [-0.4, -0.2) is 9.97 Å². The first-order chi connectivity index (χ1) is 8.70. The van der Waals surface area contributed by atoms with Crippen molar-refractivity contribution in [2.75, 3.05) is 0 Å². The quantitative estimate of drug-likeness (QED) is 0.743. The first kappa shape index (κ1) is 11.2. The molecule has 0 fully saturated rings. The number of benzene rings is 2. The average Bonchev–Trinajstić information content (AvgIpc) is 2.69. The summed E-state index contributed by atoms with van der Waals surface area (Å²) in [4.78, 5) is 7.65. The van der Waals surface area contributed by atoms with Gasteiger partial charge in [0.1, 0.15) is 11.6 Å². The van der Waals surface area contributed by atoms with Crippen LogP contribution in [0.15, 0.2) is 42.5 Å². The number of para-hydroxylation sites is 2. The maximum absolute atomic E-state index is 13.2. The highest BCUT2D eigenvalue weighted by atomic mass is 35.5. The topological polar surface area (TPSA) is 28.7 Å². The van der Waals surface area contributed by atoms with Crippen LogP contribution in [0.4, 0.5) is 4.39 Å². The second-order valence-corrected chi connectivity index (χ2v) is 4.59.